The Morgan fingerprint density at radius 2 is 2.08 bits per heavy atom. The molecule has 1 aromatic carbocycles. The molecule has 0 unspecified atom stereocenters. The molecule has 0 aliphatic carbocycles. The van der Waals surface area contributed by atoms with Crippen molar-refractivity contribution < 1.29 is 23.8 Å². The van der Waals surface area contributed by atoms with Gasteiger partial charge >= 0.3 is 5.97 Å². The molecule has 0 radical (unpaired) electrons. The highest BCUT2D eigenvalue weighted by Crippen LogP contribution is 2.27. The number of hydrogen-bond donors (Lipinski definition) is 1. The van der Waals surface area contributed by atoms with Gasteiger partial charge in [0.15, 0.2) is 18.1 Å². The zero-order valence-corrected chi connectivity index (χ0v) is 14.8. The summed E-state index contributed by atoms with van der Waals surface area (Å²) in [6.45, 7) is -0.234. The molecular formula is C17H16ClN3O5. The molecule has 2 aromatic rings. The molecule has 0 bridgehead atoms. The van der Waals surface area contributed by atoms with Crippen LogP contribution >= 0.6 is 11.6 Å². The summed E-state index contributed by atoms with van der Waals surface area (Å²) in [5.41, 5.74) is 3.22. The van der Waals surface area contributed by atoms with E-state index in [2.05, 4.69) is 20.2 Å². The van der Waals surface area contributed by atoms with Gasteiger partial charge in [-0.05, 0) is 35.9 Å². The third kappa shape index (κ3) is 5.18. The summed E-state index contributed by atoms with van der Waals surface area (Å²) in [6.07, 6.45) is 2.91. The molecule has 8 nitrogen and oxygen atoms in total. The Bertz CT molecular complexity index is 826. The number of rotatable bonds is 7. The smallest absolute Gasteiger partial charge is 0.343 e. The van der Waals surface area contributed by atoms with E-state index in [0.29, 0.717) is 17.1 Å². The van der Waals surface area contributed by atoms with Gasteiger partial charge in [0.2, 0.25) is 0 Å². The molecular weight excluding hydrogens is 362 g/mol. The number of nitrogens with one attached hydrogen (secondary N) is 1. The molecule has 26 heavy (non-hydrogen) atoms. The maximum absolute atomic E-state index is 12.0. The van der Waals surface area contributed by atoms with Crippen molar-refractivity contribution in [2.75, 3.05) is 20.8 Å². The number of carbonyl (C=O) groups excluding carboxylic acids is 2. The van der Waals surface area contributed by atoms with E-state index in [-0.39, 0.29) is 17.3 Å². The van der Waals surface area contributed by atoms with Crippen LogP contribution in [-0.4, -0.2) is 43.9 Å². The van der Waals surface area contributed by atoms with Gasteiger partial charge in [0.05, 0.1) is 26.0 Å². The van der Waals surface area contributed by atoms with Crippen LogP contribution in [0.3, 0.4) is 0 Å². The topological polar surface area (TPSA) is 99.1 Å². The first-order valence-electron chi connectivity index (χ1n) is 7.36. The Kier molecular flexibility index (Phi) is 6.92. The van der Waals surface area contributed by atoms with Crippen LogP contribution in [0.15, 0.2) is 41.6 Å². The lowest BCUT2D eigenvalue weighted by molar-refractivity contribution is -0.142. The quantitative estimate of drug-likeness (QED) is 0.343. The summed E-state index contributed by atoms with van der Waals surface area (Å²) in [7, 11) is 2.74. The Labute approximate surface area is 154 Å². The summed E-state index contributed by atoms with van der Waals surface area (Å²) in [5.74, 6) is -0.209. The highest BCUT2D eigenvalue weighted by Gasteiger charge is 2.10. The Hall–Kier alpha value is -3.13. The Morgan fingerprint density at radius 3 is 2.77 bits per heavy atom. The van der Waals surface area contributed by atoms with Crippen LogP contribution in [0, 0.1) is 0 Å². The first-order chi connectivity index (χ1) is 12.5. The number of benzene rings is 1. The highest BCUT2D eigenvalue weighted by molar-refractivity contribution is 6.32. The molecule has 1 amide bonds. The van der Waals surface area contributed by atoms with Crippen LogP contribution in [0.1, 0.15) is 15.9 Å². The first-order valence-corrected chi connectivity index (χ1v) is 7.74. The van der Waals surface area contributed by atoms with Crippen molar-refractivity contribution >= 4 is 29.7 Å². The monoisotopic (exact) mass is 377 g/mol. The standard InChI is InChI=1S/C17H16ClN3O5/c1-24-14-8-11(5-6-13(14)26-10-15(22)25-2)9-20-21-17(23)12-4-3-7-19-16(12)18/h3-9H,10H2,1-2H3,(H,21,23). The lowest BCUT2D eigenvalue weighted by atomic mass is 10.2. The molecule has 0 fully saturated rings. The van der Waals surface area contributed by atoms with Gasteiger partial charge in [0, 0.05) is 6.20 Å². The molecule has 1 aromatic heterocycles. The maximum Gasteiger partial charge on any atom is 0.343 e. The van der Waals surface area contributed by atoms with E-state index in [1.807, 2.05) is 0 Å². The summed E-state index contributed by atoms with van der Waals surface area (Å²) < 4.78 is 15.0. The fourth-order valence-corrected chi connectivity index (χ4v) is 2.07. The van der Waals surface area contributed by atoms with Crippen molar-refractivity contribution in [2.24, 2.45) is 5.10 Å². The Morgan fingerprint density at radius 1 is 1.27 bits per heavy atom. The third-order valence-electron chi connectivity index (χ3n) is 3.14. The highest BCUT2D eigenvalue weighted by atomic mass is 35.5. The van der Waals surface area contributed by atoms with E-state index >= 15 is 0 Å². The van der Waals surface area contributed by atoms with Crippen molar-refractivity contribution in [2.45, 2.75) is 0 Å². The number of hydrazone groups is 1. The van der Waals surface area contributed by atoms with Gasteiger partial charge in [-0.15, -0.1) is 0 Å². The van der Waals surface area contributed by atoms with Gasteiger partial charge in [-0.2, -0.15) is 5.10 Å². The molecule has 0 aliphatic heterocycles. The Balaban J connectivity index is 2.02. The van der Waals surface area contributed by atoms with E-state index in [0.717, 1.165) is 0 Å². The second-order valence-corrected chi connectivity index (χ2v) is 5.17. The van der Waals surface area contributed by atoms with Gasteiger partial charge < -0.3 is 14.2 Å². The van der Waals surface area contributed by atoms with E-state index in [1.54, 1.807) is 24.3 Å². The number of ether oxygens (including phenoxy) is 3. The lowest BCUT2D eigenvalue weighted by Gasteiger charge is -2.10. The van der Waals surface area contributed by atoms with Crippen molar-refractivity contribution in [3.05, 3.63) is 52.8 Å². The first kappa shape index (κ1) is 19.2. The molecule has 0 spiro atoms. The zero-order chi connectivity index (χ0) is 18.9. The third-order valence-corrected chi connectivity index (χ3v) is 3.45. The average Bonchev–Trinajstić information content (AvgIpc) is 2.66. The summed E-state index contributed by atoms with van der Waals surface area (Å²) in [6, 6.07) is 8.07. The van der Waals surface area contributed by atoms with Crippen LogP contribution in [0.25, 0.3) is 0 Å². The summed E-state index contributed by atoms with van der Waals surface area (Å²) in [4.78, 5) is 26.9. The molecule has 136 valence electrons. The summed E-state index contributed by atoms with van der Waals surface area (Å²) >= 11 is 5.85. The maximum atomic E-state index is 12.0. The van der Waals surface area contributed by atoms with Crippen molar-refractivity contribution in [3.8, 4) is 11.5 Å². The number of aromatic nitrogens is 1. The number of methoxy groups -OCH3 is 2. The molecule has 9 heteroatoms. The average molecular weight is 378 g/mol. The predicted molar refractivity (Wildman–Crippen MR) is 94.8 cm³/mol. The SMILES string of the molecule is COC(=O)COc1ccc(C=NNC(=O)c2cccnc2Cl)cc1OC. The van der Waals surface area contributed by atoms with Crippen LogP contribution < -0.4 is 14.9 Å². The number of esters is 1. The van der Waals surface area contributed by atoms with Gasteiger partial charge in [-0.1, -0.05) is 11.6 Å². The number of carbonyl (C=O) groups is 2. The van der Waals surface area contributed by atoms with Gasteiger partial charge in [-0.25, -0.2) is 15.2 Å². The number of halogens is 1. The van der Waals surface area contributed by atoms with Crippen LogP contribution in [-0.2, 0) is 9.53 Å². The minimum atomic E-state index is -0.505. The number of hydrogen-bond acceptors (Lipinski definition) is 7. The predicted octanol–water partition coefficient (Wildman–Crippen LogP) is 2.06. The van der Waals surface area contributed by atoms with Crippen molar-refractivity contribution in [1.82, 2.24) is 10.4 Å². The zero-order valence-electron chi connectivity index (χ0n) is 14.1. The number of pyridine rings is 1. The molecule has 0 atom stereocenters. The second kappa shape index (κ2) is 9.38. The molecule has 0 saturated heterocycles. The summed E-state index contributed by atoms with van der Waals surface area (Å²) in [5, 5.41) is 3.96. The van der Waals surface area contributed by atoms with Crippen molar-refractivity contribution in [1.29, 1.82) is 0 Å². The fourth-order valence-electron chi connectivity index (χ4n) is 1.86. The molecule has 1 N–H and O–H groups in total. The van der Waals surface area contributed by atoms with Gasteiger partial charge in [0.1, 0.15) is 5.15 Å². The normalized spacial score (nSPS) is 10.4. The van der Waals surface area contributed by atoms with E-state index in [4.69, 9.17) is 21.1 Å². The fraction of sp³-hybridized carbons (Fsp3) is 0.176. The van der Waals surface area contributed by atoms with Crippen LogP contribution in [0.2, 0.25) is 5.15 Å². The second-order valence-electron chi connectivity index (χ2n) is 4.82. The molecule has 0 aliphatic rings. The van der Waals surface area contributed by atoms with Crippen molar-refractivity contribution in [3.63, 3.8) is 0 Å². The molecule has 1 heterocycles. The number of amides is 1. The molecule has 0 saturated carbocycles. The largest absolute Gasteiger partial charge is 0.493 e. The van der Waals surface area contributed by atoms with Gasteiger partial charge in [0.25, 0.3) is 5.91 Å². The minimum absolute atomic E-state index is 0.0916. The molecule has 2 rings (SSSR count). The van der Waals surface area contributed by atoms with Crippen LogP contribution in [0.4, 0.5) is 0 Å². The lowest BCUT2D eigenvalue weighted by Crippen LogP contribution is -2.18. The number of nitrogens with zero attached hydrogens (tertiary/aromatic N) is 2. The van der Waals surface area contributed by atoms with E-state index < -0.39 is 11.9 Å². The van der Waals surface area contributed by atoms with Crippen LogP contribution in [0.5, 0.6) is 11.5 Å². The van der Waals surface area contributed by atoms with Gasteiger partial charge in [-0.3, -0.25) is 4.79 Å². The minimum Gasteiger partial charge on any atom is -0.493 e. The van der Waals surface area contributed by atoms with E-state index in [1.165, 1.54) is 32.7 Å². The van der Waals surface area contributed by atoms with E-state index in [9.17, 15) is 9.59 Å².